The molecule has 0 amide bonds. The topological polar surface area (TPSA) is 25.8 Å². The van der Waals surface area contributed by atoms with Gasteiger partial charge < -0.3 is 0 Å². The fraction of sp³-hybridized carbons (Fsp3) is 0.111. The lowest BCUT2D eigenvalue weighted by atomic mass is 10.2. The highest BCUT2D eigenvalue weighted by molar-refractivity contribution is 14.1. The molecule has 0 aliphatic rings. The number of benzene rings is 1. The van der Waals surface area contributed by atoms with Gasteiger partial charge in [-0.3, -0.25) is 0 Å². The molecule has 0 atom stereocenters. The van der Waals surface area contributed by atoms with Crippen molar-refractivity contribution < 1.29 is 0 Å². The van der Waals surface area contributed by atoms with Crippen LogP contribution in [0.5, 0.6) is 0 Å². The second-order valence-electron chi connectivity index (χ2n) is 2.84. The quantitative estimate of drug-likeness (QED) is 0.701. The van der Waals surface area contributed by atoms with Crippen LogP contribution in [0.3, 0.4) is 0 Å². The second kappa shape index (κ2) is 4.24. The summed E-state index contributed by atoms with van der Waals surface area (Å²) in [5, 5.41) is 9.06. The molecule has 0 saturated heterocycles. The Morgan fingerprint density at radius 1 is 1.36 bits per heavy atom. The Kier molecular flexibility index (Phi) is 3.18. The van der Waals surface area contributed by atoms with Crippen LogP contribution in [0.4, 0.5) is 0 Å². The SMILES string of the molecule is Cc1ccc(-c2nnc(I)s2)c(Br)c1. The largest absolute Gasteiger partial charge is 0.178 e. The van der Waals surface area contributed by atoms with E-state index >= 15 is 0 Å². The van der Waals surface area contributed by atoms with E-state index in [1.165, 1.54) is 5.56 Å². The van der Waals surface area contributed by atoms with Gasteiger partial charge in [0.25, 0.3) is 0 Å². The molecule has 1 heterocycles. The van der Waals surface area contributed by atoms with E-state index < -0.39 is 0 Å². The summed E-state index contributed by atoms with van der Waals surface area (Å²) in [5.41, 5.74) is 2.34. The molecule has 0 saturated carbocycles. The molecule has 0 fully saturated rings. The minimum atomic E-state index is 0.960. The third-order valence-electron chi connectivity index (χ3n) is 1.76. The maximum absolute atomic E-state index is 4.11. The molecule has 5 heteroatoms. The molecule has 1 aromatic heterocycles. The average molecular weight is 381 g/mol. The van der Waals surface area contributed by atoms with Crippen molar-refractivity contribution in [1.29, 1.82) is 0 Å². The Labute approximate surface area is 108 Å². The summed E-state index contributed by atoms with van der Waals surface area (Å²) in [7, 11) is 0. The number of halogens is 2. The third-order valence-corrected chi connectivity index (χ3v) is 4.03. The molecule has 1 aromatic carbocycles. The maximum atomic E-state index is 4.11. The van der Waals surface area contributed by atoms with Crippen LogP contribution in [0.2, 0.25) is 0 Å². The van der Waals surface area contributed by atoms with Crippen molar-refractivity contribution in [2.45, 2.75) is 6.92 Å². The first-order valence-electron chi connectivity index (χ1n) is 3.92. The van der Waals surface area contributed by atoms with E-state index in [1.807, 2.05) is 0 Å². The highest BCUT2D eigenvalue weighted by Gasteiger charge is 2.08. The standard InChI is InChI=1S/C9H6BrIN2S/c1-5-2-3-6(7(10)4-5)8-12-13-9(11)14-8/h2-4H,1H3. The van der Waals surface area contributed by atoms with Crippen molar-refractivity contribution in [3.8, 4) is 10.6 Å². The Bertz CT molecular complexity index is 470. The Balaban J connectivity index is 2.52. The van der Waals surface area contributed by atoms with Crippen molar-refractivity contribution in [3.05, 3.63) is 31.2 Å². The molecule has 0 spiro atoms. The van der Waals surface area contributed by atoms with Crippen LogP contribution < -0.4 is 0 Å². The summed E-state index contributed by atoms with van der Waals surface area (Å²) < 4.78 is 2.04. The number of hydrogen-bond acceptors (Lipinski definition) is 3. The predicted molar refractivity (Wildman–Crippen MR) is 70.5 cm³/mol. The van der Waals surface area contributed by atoms with Gasteiger partial charge in [0.2, 0.25) is 0 Å². The van der Waals surface area contributed by atoms with Crippen LogP contribution in [0.1, 0.15) is 5.56 Å². The Morgan fingerprint density at radius 3 is 2.71 bits per heavy atom. The summed E-state index contributed by atoms with van der Waals surface area (Å²) >= 11 is 7.30. The summed E-state index contributed by atoms with van der Waals surface area (Å²) in [5.74, 6) is 0. The molecular weight excluding hydrogens is 375 g/mol. The highest BCUT2D eigenvalue weighted by Crippen LogP contribution is 2.31. The van der Waals surface area contributed by atoms with E-state index in [0.717, 1.165) is 18.1 Å². The second-order valence-corrected chi connectivity index (χ2v) is 6.43. The summed E-state index contributed by atoms with van der Waals surface area (Å²) in [6.07, 6.45) is 0. The number of hydrogen-bond donors (Lipinski definition) is 0. The molecule has 0 bridgehead atoms. The number of aromatic nitrogens is 2. The lowest BCUT2D eigenvalue weighted by Gasteiger charge is -2.00. The van der Waals surface area contributed by atoms with Gasteiger partial charge in [-0.1, -0.05) is 39.4 Å². The molecule has 0 aliphatic heterocycles. The summed E-state index contributed by atoms with van der Waals surface area (Å²) in [6.45, 7) is 2.07. The van der Waals surface area contributed by atoms with Crippen molar-refractivity contribution in [2.75, 3.05) is 0 Å². The molecule has 2 nitrogen and oxygen atoms in total. The monoisotopic (exact) mass is 380 g/mol. The molecule has 14 heavy (non-hydrogen) atoms. The van der Waals surface area contributed by atoms with Crippen molar-refractivity contribution in [1.82, 2.24) is 10.2 Å². The zero-order valence-electron chi connectivity index (χ0n) is 7.29. The van der Waals surface area contributed by atoms with Crippen LogP contribution in [0, 0.1) is 9.94 Å². The molecule has 0 aliphatic carbocycles. The zero-order valence-corrected chi connectivity index (χ0v) is 11.9. The first-order valence-corrected chi connectivity index (χ1v) is 6.61. The lowest BCUT2D eigenvalue weighted by Crippen LogP contribution is -1.80. The van der Waals surface area contributed by atoms with Gasteiger partial charge in [-0.15, -0.1) is 10.2 Å². The van der Waals surface area contributed by atoms with Crippen molar-refractivity contribution >= 4 is 49.9 Å². The average Bonchev–Trinajstić information content (AvgIpc) is 2.51. The molecule has 2 rings (SSSR count). The fourth-order valence-electron chi connectivity index (χ4n) is 1.11. The van der Waals surface area contributed by atoms with E-state index in [1.54, 1.807) is 11.3 Å². The molecule has 0 unspecified atom stereocenters. The highest BCUT2D eigenvalue weighted by atomic mass is 127. The van der Waals surface area contributed by atoms with Gasteiger partial charge in [0.05, 0.1) is 0 Å². The van der Waals surface area contributed by atoms with Gasteiger partial charge in [-0.2, -0.15) is 0 Å². The summed E-state index contributed by atoms with van der Waals surface area (Å²) in [6, 6.07) is 6.23. The van der Waals surface area contributed by atoms with Gasteiger partial charge in [0.15, 0.2) is 3.01 Å². The lowest BCUT2D eigenvalue weighted by molar-refractivity contribution is 1.07. The summed E-state index contributed by atoms with van der Waals surface area (Å²) in [4.78, 5) is 0. The predicted octanol–water partition coefficient (Wildman–Crippen LogP) is 3.88. The van der Waals surface area contributed by atoms with Gasteiger partial charge >= 0.3 is 0 Å². The van der Waals surface area contributed by atoms with Crippen LogP contribution in [0.15, 0.2) is 22.7 Å². The molecular formula is C9H6BrIN2S. The van der Waals surface area contributed by atoms with E-state index in [2.05, 4.69) is 73.8 Å². The van der Waals surface area contributed by atoms with Crippen LogP contribution in [0.25, 0.3) is 10.6 Å². The Hall–Kier alpha value is -0.0100. The minimum absolute atomic E-state index is 0.960. The molecule has 0 radical (unpaired) electrons. The van der Waals surface area contributed by atoms with Crippen molar-refractivity contribution in [3.63, 3.8) is 0 Å². The van der Waals surface area contributed by atoms with Crippen LogP contribution in [-0.4, -0.2) is 10.2 Å². The van der Waals surface area contributed by atoms with Gasteiger partial charge in [-0.25, -0.2) is 0 Å². The van der Waals surface area contributed by atoms with E-state index in [-0.39, 0.29) is 0 Å². The Morgan fingerprint density at radius 2 is 2.14 bits per heavy atom. The normalized spacial score (nSPS) is 10.5. The fourth-order valence-corrected chi connectivity index (χ4v) is 3.26. The first-order chi connectivity index (χ1) is 6.66. The zero-order chi connectivity index (χ0) is 10.1. The molecule has 72 valence electrons. The number of aryl methyl sites for hydroxylation is 1. The number of nitrogens with zero attached hydrogens (tertiary/aromatic N) is 2. The molecule has 0 N–H and O–H groups in total. The third kappa shape index (κ3) is 2.14. The van der Waals surface area contributed by atoms with Crippen molar-refractivity contribution in [2.24, 2.45) is 0 Å². The smallest absolute Gasteiger partial charge is 0.137 e. The van der Waals surface area contributed by atoms with E-state index in [9.17, 15) is 0 Å². The minimum Gasteiger partial charge on any atom is -0.137 e. The molecule has 2 aromatic rings. The van der Waals surface area contributed by atoms with E-state index in [4.69, 9.17) is 0 Å². The van der Waals surface area contributed by atoms with Gasteiger partial charge in [0, 0.05) is 10.0 Å². The van der Waals surface area contributed by atoms with Gasteiger partial charge in [0.1, 0.15) is 5.01 Å². The van der Waals surface area contributed by atoms with Crippen LogP contribution in [-0.2, 0) is 0 Å². The van der Waals surface area contributed by atoms with Gasteiger partial charge in [-0.05, 0) is 41.1 Å². The van der Waals surface area contributed by atoms with E-state index in [0.29, 0.717) is 0 Å². The number of rotatable bonds is 1. The first kappa shape index (κ1) is 10.5. The van der Waals surface area contributed by atoms with Crippen LogP contribution >= 0.6 is 49.9 Å². The maximum Gasteiger partial charge on any atom is 0.178 e.